The van der Waals surface area contributed by atoms with E-state index in [1.54, 1.807) is 54.8 Å². The number of thiophene rings is 1. The average molecular weight is 803 g/mol. The fourth-order valence-electron chi connectivity index (χ4n) is 5.44. The molecule has 0 atom stereocenters. The Balaban J connectivity index is 0.000000193. The van der Waals surface area contributed by atoms with Crippen molar-refractivity contribution in [2.45, 2.75) is 25.7 Å². The molecule has 7 aromatic rings. The zero-order valence-electron chi connectivity index (χ0n) is 30.2. The van der Waals surface area contributed by atoms with Gasteiger partial charge in [-0.1, -0.05) is 80.6 Å². The summed E-state index contributed by atoms with van der Waals surface area (Å²) in [5.41, 5.74) is 5.73. The van der Waals surface area contributed by atoms with Crippen LogP contribution in [-0.2, 0) is 14.8 Å². The van der Waals surface area contributed by atoms with Crippen molar-refractivity contribution < 1.29 is 27.2 Å². The van der Waals surface area contributed by atoms with Crippen molar-refractivity contribution in [3.63, 3.8) is 0 Å². The number of H-pyrrole nitrogens is 1. The minimum absolute atomic E-state index is 0.0516. The van der Waals surface area contributed by atoms with Crippen molar-refractivity contribution in [3.8, 4) is 28.5 Å². The van der Waals surface area contributed by atoms with Gasteiger partial charge >= 0.3 is 5.97 Å². The van der Waals surface area contributed by atoms with Crippen molar-refractivity contribution in [2.75, 3.05) is 5.01 Å². The number of aromatic amines is 1. The van der Waals surface area contributed by atoms with Gasteiger partial charge in [-0.05, 0) is 90.8 Å². The van der Waals surface area contributed by atoms with Gasteiger partial charge in [-0.25, -0.2) is 28.4 Å². The van der Waals surface area contributed by atoms with E-state index in [2.05, 4.69) is 15.3 Å². The molecule has 0 fully saturated rings. The summed E-state index contributed by atoms with van der Waals surface area (Å²) in [4.78, 5) is 30.4. The second-order valence-electron chi connectivity index (χ2n) is 11.7. The number of nitrogens with one attached hydrogen (secondary N) is 1. The van der Waals surface area contributed by atoms with E-state index in [-0.39, 0.29) is 15.6 Å². The van der Waals surface area contributed by atoms with Crippen LogP contribution in [0.3, 0.4) is 0 Å². The predicted molar refractivity (Wildman–Crippen MR) is 221 cm³/mol. The molecule has 4 aromatic carbocycles. The number of carbonyl (C=O) groups is 2. The second kappa shape index (κ2) is 17.4. The summed E-state index contributed by atoms with van der Waals surface area (Å²) in [6.45, 7) is 5.71. The van der Waals surface area contributed by atoms with Crippen LogP contribution in [-0.4, -0.2) is 41.2 Å². The molecule has 56 heavy (non-hydrogen) atoms. The van der Waals surface area contributed by atoms with Crippen LogP contribution in [0.1, 0.15) is 36.0 Å². The van der Waals surface area contributed by atoms with Gasteiger partial charge in [0.2, 0.25) is 15.9 Å². The third kappa shape index (κ3) is 9.10. The highest BCUT2D eigenvalue weighted by atomic mass is 32.2. The maximum atomic E-state index is 12.9. The van der Waals surface area contributed by atoms with Gasteiger partial charge in [0.25, 0.3) is 10.7 Å². The lowest BCUT2D eigenvalue weighted by Crippen LogP contribution is -2.21. The number of para-hydroxylation sites is 1. The lowest BCUT2D eigenvalue weighted by molar-refractivity contribution is -0.114. The molecule has 0 bridgehead atoms. The van der Waals surface area contributed by atoms with Crippen LogP contribution >= 0.6 is 23.6 Å². The monoisotopic (exact) mass is 802 g/mol. The lowest BCUT2D eigenvalue weighted by atomic mass is 10.0. The maximum absolute atomic E-state index is 12.9. The van der Waals surface area contributed by atoms with E-state index in [9.17, 15) is 18.0 Å². The van der Waals surface area contributed by atoms with Crippen molar-refractivity contribution in [3.05, 3.63) is 148 Å². The van der Waals surface area contributed by atoms with Crippen LogP contribution in [0, 0.1) is 4.84 Å². The first-order valence-corrected chi connectivity index (χ1v) is 20.0. The Morgan fingerprint density at radius 3 is 2.27 bits per heavy atom. The number of nitrogens with two attached hydrogens (primary N) is 1. The van der Waals surface area contributed by atoms with Gasteiger partial charge in [-0.3, -0.25) is 4.79 Å². The SMILES string of the molecule is CC.CC1=NN(c2ccc(S(N)(=O)=O)cc2)C(=O)/C1=C\c1ccc(OC(=O)c2cccs2)cc1.S=c1[nH]nc(-c2cc(-c3ccccc3)nc3ccccc23)o1. The number of hydrogen-bond acceptors (Lipinski definition) is 11. The summed E-state index contributed by atoms with van der Waals surface area (Å²) in [5.74, 6) is 0.0919. The number of benzene rings is 4. The molecular weight excluding hydrogens is 769 g/mol. The quantitative estimate of drug-likeness (QED) is 0.0690. The number of carbonyl (C=O) groups excluding carboxylic acids is 2. The molecule has 15 heteroatoms. The number of hydrogen-bond donors (Lipinski definition) is 2. The number of hydrazone groups is 1. The Hall–Kier alpha value is -6.39. The zero-order valence-corrected chi connectivity index (χ0v) is 32.7. The highest BCUT2D eigenvalue weighted by Crippen LogP contribution is 2.31. The molecule has 12 nitrogen and oxygen atoms in total. The second-order valence-corrected chi connectivity index (χ2v) is 14.6. The number of rotatable bonds is 7. The summed E-state index contributed by atoms with van der Waals surface area (Å²) in [5, 5.41) is 20.2. The van der Waals surface area contributed by atoms with Crippen molar-refractivity contribution in [1.29, 1.82) is 0 Å². The fourth-order valence-corrected chi connectivity index (χ4v) is 6.68. The van der Waals surface area contributed by atoms with E-state index >= 15 is 0 Å². The third-order valence-corrected chi connectivity index (χ3v) is 10.0. The number of pyridine rings is 1. The van der Waals surface area contributed by atoms with Gasteiger partial charge in [0.1, 0.15) is 10.6 Å². The first kappa shape index (κ1) is 39.3. The molecular formula is C41H34N6O6S3. The van der Waals surface area contributed by atoms with Gasteiger partial charge in [-0.15, -0.1) is 16.4 Å². The Morgan fingerprint density at radius 1 is 0.929 bits per heavy atom. The molecule has 0 radical (unpaired) electrons. The first-order valence-electron chi connectivity index (χ1n) is 17.1. The molecule has 282 valence electrons. The number of primary sulfonamides is 1. The number of esters is 1. The zero-order chi connectivity index (χ0) is 39.8. The van der Waals surface area contributed by atoms with E-state index in [0.29, 0.717) is 33.5 Å². The van der Waals surface area contributed by atoms with E-state index in [1.165, 1.54) is 40.6 Å². The third-order valence-electron chi connectivity index (χ3n) is 8.05. The fraction of sp³-hybridized carbons (Fsp3) is 0.0732. The van der Waals surface area contributed by atoms with Crippen LogP contribution in [0.4, 0.5) is 5.69 Å². The first-order chi connectivity index (χ1) is 27.0. The topological polar surface area (TPSA) is 174 Å². The minimum atomic E-state index is -3.82. The average Bonchev–Trinajstić information content (AvgIpc) is 3.98. The number of anilines is 1. The Labute approximate surface area is 331 Å². The van der Waals surface area contributed by atoms with E-state index < -0.39 is 16.0 Å². The molecule has 8 rings (SSSR count). The number of ether oxygens (including phenoxy) is 1. The van der Waals surface area contributed by atoms with Crippen molar-refractivity contribution in [1.82, 2.24) is 15.2 Å². The van der Waals surface area contributed by atoms with Gasteiger partial charge in [0.05, 0.1) is 38.6 Å². The van der Waals surface area contributed by atoms with Crippen molar-refractivity contribution in [2.24, 2.45) is 10.2 Å². The Kier molecular flexibility index (Phi) is 12.2. The Bertz CT molecular complexity index is 2730. The van der Waals surface area contributed by atoms with Gasteiger partial charge in [-0.2, -0.15) is 10.1 Å². The standard InChI is InChI=1S/C22H17N3O5S2.C17H11N3OS.C2H6/c1-14-19(21(26)25(24-14)16-6-10-18(11-7-16)32(23,28)29)13-15-4-8-17(9-5-15)30-22(27)20-3-2-12-31-20;22-17-20-19-16(21-17)13-10-15(11-6-2-1-3-7-11)18-14-9-5-4-8-12(13)14;1-2/h2-13H,1H3,(H2,23,28,29);1-10H,(H,20,22);1-2H3/b19-13-;;. The number of sulfonamides is 1. The number of nitrogens with zero attached hydrogens (tertiary/aromatic N) is 4. The summed E-state index contributed by atoms with van der Waals surface area (Å²) in [6, 6.07) is 35.7. The molecule has 0 saturated carbocycles. The molecule has 0 saturated heterocycles. The smallest absolute Gasteiger partial charge is 0.353 e. The number of aromatic nitrogens is 3. The van der Waals surface area contributed by atoms with Crippen LogP contribution in [0.15, 0.2) is 147 Å². The molecule has 1 aliphatic heterocycles. The molecule has 3 aromatic heterocycles. The summed E-state index contributed by atoms with van der Waals surface area (Å²) in [7, 11) is -3.82. The van der Waals surface area contributed by atoms with E-state index in [0.717, 1.165) is 33.3 Å². The van der Waals surface area contributed by atoms with E-state index in [4.69, 9.17) is 31.5 Å². The number of amides is 1. The van der Waals surface area contributed by atoms with Gasteiger partial charge in [0.15, 0.2) is 0 Å². The molecule has 4 heterocycles. The molecule has 1 amide bonds. The Morgan fingerprint density at radius 2 is 1.62 bits per heavy atom. The molecule has 1 aliphatic rings. The summed E-state index contributed by atoms with van der Waals surface area (Å²) < 4.78 is 33.7. The van der Waals surface area contributed by atoms with E-state index in [1.807, 2.05) is 74.5 Å². The molecule has 0 unspecified atom stereocenters. The van der Waals surface area contributed by atoms with Crippen molar-refractivity contribution >= 4 is 73.8 Å². The minimum Gasteiger partial charge on any atom is -0.422 e. The highest BCUT2D eigenvalue weighted by molar-refractivity contribution is 7.89. The summed E-state index contributed by atoms with van der Waals surface area (Å²) in [6.07, 6.45) is 1.69. The van der Waals surface area contributed by atoms with Crippen LogP contribution in [0.2, 0.25) is 0 Å². The number of fused-ring (bicyclic) bond motifs is 1. The highest BCUT2D eigenvalue weighted by Gasteiger charge is 2.29. The molecule has 0 aliphatic carbocycles. The molecule has 0 spiro atoms. The van der Waals surface area contributed by atoms with Gasteiger partial charge < -0.3 is 9.15 Å². The predicted octanol–water partition coefficient (Wildman–Crippen LogP) is 9.06. The van der Waals surface area contributed by atoms with Crippen LogP contribution in [0.25, 0.3) is 39.7 Å². The van der Waals surface area contributed by atoms with Crippen LogP contribution < -0.4 is 14.9 Å². The maximum Gasteiger partial charge on any atom is 0.353 e. The normalized spacial score (nSPS) is 13.1. The van der Waals surface area contributed by atoms with Gasteiger partial charge in [0, 0.05) is 10.9 Å². The lowest BCUT2D eigenvalue weighted by Gasteiger charge is -2.12. The largest absolute Gasteiger partial charge is 0.422 e. The van der Waals surface area contributed by atoms with Crippen LogP contribution in [0.5, 0.6) is 5.75 Å². The summed E-state index contributed by atoms with van der Waals surface area (Å²) >= 11 is 6.28. The molecule has 3 N–H and O–H groups in total.